The number of rotatable bonds is 7. The number of anilines is 1. The molecule has 1 aromatic carbocycles. The fraction of sp³-hybridized carbons (Fsp3) is 0.500. The number of nitrogens with one attached hydrogen (secondary N) is 1. The standard InChI is InChI=1S/C16H24N2O2/c1-4-5-6-10-18(14(3)19)12-16(20)17-15-9-7-8-13(2)11-15/h7-9,11H,4-6,10,12H2,1-3H3,(H,17,20). The van der Waals surface area contributed by atoms with E-state index >= 15 is 0 Å². The second-order valence-electron chi connectivity index (χ2n) is 5.07. The van der Waals surface area contributed by atoms with Crippen LogP contribution >= 0.6 is 0 Å². The number of benzene rings is 1. The zero-order valence-electron chi connectivity index (χ0n) is 12.6. The Morgan fingerprint density at radius 2 is 2.00 bits per heavy atom. The van der Waals surface area contributed by atoms with Crippen LogP contribution in [0.5, 0.6) is 0 Å². The molecule has 0 heterocycles. The minimum Gasteiger partial charge on any atom is -0.334 e. The first kappa shape index (κ1) is 16.2. The van der Waals surface area contributed by atoms with E-state index in [4.69, 9.17) is 0 Å². The molecular formula is C16H24N2O2. The van der Waals surface area contributed by atoms with E-state index in [9.17, 15) is 9.59 Å². The molecule has 1 N–H and O–H groups in total. The van der Waals surface area contributed by atoms with E-state index in [0.717, 1.165) is 30.5 Å². The van der Waals surface area contributed by atoms with Gasteiger partial charge in [0, 0.05) is 19.2 Å². The van der Waals surface area contributed by atoms with Gasteiger partial charge in [-0.25, -0.2) is 0 Å². The van der Waals surface area contributed by atoms with Crippen molar-refractivity contribution in [3.8, 4) is 0 Å². The first-order chi connectivity index (χ1) is 9.52. The molecule has 0 aliphatic carbocycles. The molecule has 0 radical (unpaired) electrons. The van der Waals surface area contributed by atoms with E-state index in [1.807, 2.05) is 31.2 Å². The Hall–Kier alpha value is -1.84. The maximum Gasteiger partial charge on any atom is 0.243 e. The Morgan fingerprint density at radius 3 is 2.60 bits per heavy atom. The molecule has 0 bridgehead atoms. The number of nitrogens with zero attached hydrogens (tertiary/aromatic N) is 1. The van der Waals surface area contributed by atoms with E-state index in [2.05, 4.69) is 12.2 Å². The summed E-state index contributed by atoms with van der Waals surface area (Å²) in [4.78, 5) is 25.1. The summed E-state index contributed by atoms with van der Waals surface area (Å²) in [7, 11) is 0. The van der Waals surface area contributed by atoms with Gasteiger partial charge in [-0.1, -0.05) is 31.9 Å². The summed E-state index contributed by atoms with van der Waals surface area (Å²) in [5.74, 6) is -0.206. The minimum atomic E-state index is -0.151. The lowest BCUT2D eigenvalue weighted by Gasteiger charge is -2.20. The summed E-state index contributed by atoms with van der Waals surface area (Å²) in [6.07, 6.45) is 3.11. The Morgan fingerprint density at radius 1 is 1.25 bits per heavy atom. The summed E-state index contributed by atoms with van der Waals surface area (Å²) in [6, 6.07) is 7.63. The molecule has 0 spiro atoms. The molecule has 4 nitrogen and oxygen atoms in total. The van der Waals surface area contributed by atoms with Crippen LogP contribution in [0.25, 0.3) is 0 Å². The third-order valence-electron chi connectivity index (χ3n) is 3.11. The van der Waals surface area contributed by atoms with Crippen LogP contribution in [0.2, 0.25) is 0 Å². The predicted molar refractivity (Wildman–Crippen MR) is 81.6 cm³/mol. The summed E-state index contributed by atoms with van der Waals surface area (Å²) in [5, 5.41) is 2.83. The Bertz CT molecular complexity index is 458. The van der Waals surface area contributed by atoms with Gasteiger partial charge in [0.15, 0.2) is 0 Å². The lowest BCUT2D eigenvalue weighted by molar-refractivity contribution is -0.132. The van der Waals surface area contributed by atoms with Crippen molar-refractivity contribution in [2.75, 3.05) is 18.4 Å². The molecule has 0 saturated heterocycles. The number of carbonyl (C=O) groups excluding carboxylic acids is 2. The van der Waals surface area contributed by atoms with E-state index in [1.165, 1.54) is 6.92 Å². The molecule has 110 valence electrons. The van der Waals surface area contributed by atoms with Crippen LogP contribution in [-0.2, 0) is 9.59 Å². The number of unbranched alkanes of at least 4 members (excludes halogenated alkanes) is 2. The second-order valence-corrected chi connectivity index (χ2v) is 5.07. The van der Waals surface area contributed by atoms with Crippen LogP contribution in [-0.4, -0.2) is 29.8 Å². The van der Waals surface area contributed by atoms with Crippen molar-refractivity contribution in [3.05, 3.63) is 29.8 Å². The highest BCUT2D eigenvalue weighted by atomic mass is 16.2. The molecular weight excluding hydrogens is 252 g/mol. The van der Waals surface area contributed by atoms with E-state index in [-0.39, 0.29) is 18.4 Å². The van der Waals surface area contributed by atoms with Gasteiger partial charge in [-0.2, -0.15) is 0 Å². The van der Waals surface area contributed by atoms with Gasteiger partial charge in [-0.15, -0.1) is 0 Å². The topological polar surface area (TPSA) is 49.4 Å². The molecule has 4 heteroatoms. The summed E-state index contributed by atoms with van der Waals surface area (Å²) < 4.78 is 0. The van der Waals surface area contributed by atoms with Crippen molar-refractivity contribution < 1.29 is 9.59 Å². The van der Waals surface area contributed by atoms with Crippen molar-refractivity contribution in [3.63, 3.8) is 0 Å². The average Bonchev–Trinajstić information content (AvgIpc) is 2.37. The van der Waals surface area contributed by atoms with Crippen LogP contribution in [0.4, 0.5) is 5.69 Å². The van der Waals surface area contributed by atoms with E-state index in [0.29, 0.717) is 6.54 Å². The van der Waals surface area contributed by atoms with Gasteiger partial charge in [0.1, 0.15) is 0 Å². The monoisotopic (exact) mass is 276 g/mol. The summed E-state index contributed by atoms with van der Waals surface area (Å²) in [5.41, 5.74) is 1.86. The zero-order valence-corrected chi connectivity index (χ0v) is 12.6. The molecule has 0 aliphatic rings. The minimum absolute atomic E-state index is 0.0551. The number of aryl methyl sites for hydroxylation is 1. The number of carbonyl (C=O) groups is 2. The van der Waals surface area contributed by atoms with Crippen molar-refractivity contribution in [2.24, 2.45) is 0 Å². The van der Waals surface area contributed by atoms with Crippen LogP contribution < -0.4 is 5.32 Å². The fourth-order valence-electron chi connectivity index (χ4n) is 2.00. The molecule has 0 atom stereocenters. The third kappa shape index (κ3) is 5.87. The van der Waals surface area contributed by atoms with Crippen LogP contribution in [0, 0.1) is 6.92 Å². The second kappa shape index (κ2) is 8.35. The smallest absolute Gasteiger partial charge is 0.243 e. The normalized spacial score (nSPS) is 10.2. The Balaban J connectivity index is 2.51. The van der Waals surface area contributed by atoms with Crippen molar-refractivity contribution >= 4 is 17.5 Å². The van der Waals surface area contributed by atoms with Crippen molar-refractivity contribution in [1.29, 1.82) is 0 Å². The van der Waals surface area contributed by atoms with Gasteiger partial charge in [0.2, 0.25) is 11.8 Å². The first-order valence-corrected chi connectivity index (χ1v) is 7.15. The van der Waals surface area contributed by atoms with Gasteiger partial charge < -0.3 is 10.2 Å². The molecule has 2 amide bonds. The first-order valence-electron chi connectivity index (χ1n) is 7.15. The lowest BCUT2D eigenvalue weighted by atomic mass is 10.2. The lowest BCUT2D eigenvalue weighted by Crippen LogP contribution is -2.37. The Kier molecular flexibility index (Phi) is 6.77. The van der Waals surface area contributed by atoms with Gasteiger partial charge in [0.05, 0.1) is 6.54 Å². The molecule has 0 aliphatic heterocycles. The SMILES string of the molecule is CCCCCN(CC(=O)Nc1cccc(C)c1)C(C)=O. The van der Waals surface area contributed by atoms with Crippen LogP contribution in [0.3, 0.4) is 0 Å². The largest absolute Gasteiger partial charge is 0.334 e. The third-order valence-corrected chi connectivity index (χ3v) is 3.11. The van der Waals surface area contributed by atoms with Gasteiger partial charge in [-0.3, -0.25) is 9.59 Å². The number of hydrogen-bond acceptors (Lipinski definition) is 2. The van der Waals surface area contributed by atoms with Crippen LogP contribution in [0.15, 0.2) is 24.3 Å². The zero-order chi connectivity index (χ0) is 15.0. The average molecular weight is 276 g/mol. The van der Waals surface area contributed by atoms with Gasteiger partial charge in [-0.05, 0) is 31.0 Å². The van der Waals surface area contributed by atoms with E-state index < -0.39 is 0 Å². The maximum absolute atomic E-state index is 12.0. The molecule has 1 aromatic rings. The van der Waals surface area contributed by atoms with Crippen LogP contribution in [0.1, 0.15) is 38.7 Å². The number of hydrogen-bond donors (Lipinski definition) is 1. The Labute approximate surface area is 121 Å². The van der Waals surface area contributed by atoms with Crippen molar-refractivity contribution in [1.82, 2.24) is 4.90 Å². The quantitative estimate of drug-likeness (QED) is 0.778. The highest BCUT2D eigenvalue weighted by molar-refractivity contribution is 5.94. The maximum atomic E-state index is 12.0. The predicted octanol–water partition coefficient (Wildman–Crippen LogP) is 2.97. The molecule has 0 saturated carbocycles. The highest BCUT2D eigenvalue weighted by Crippen LogP contribution is 2.09. The molecule has 0 unspecified atom stereocenters. The number of amides is 2. The molecule has 0 fully saturated rings. The van der Waals surface area contributed by atoms with Gasteiger partial charge >= 0.3 is 0 Å². The highest BCUT2D eigenvalue weighted by Gasteiger charge is 2.13. The molecule has 0 aromatic heterocycles. The fourth-order valence-corrected chi connectivity index (χ4v) is 2.00. The van der Waals surface area contributed by atoms with Gasteiger partial charge in [0.25, 0.3) is 0 Å². The summed E-state index contributed by atoms with van der Waals surface area (Å²) in [6.45, 7) is 6.36. The molecule has 20 heavy (non-hydrogen) atoms. The molecule has 1 rings (SSSR count). The summed E-state index contributed by atoms with van der Waals surface area (Å²) >= 11 is 0. The van der Waals surface area contributed by atoms with E-state index in [1.54, 1.807) is 4.90 Å². The van der Waals surface area contributed by atoms with Crippen molar-refractivity contribution in [2.45, 2.75) is 40.0 Å².